The average molecular weight is 333 g/mol. The van der Waals surface area contributed by atoms with Crippen molar-refractivity contribution in [1.29, 1.82) is 0 Å². The normalized spacial score (nSPS) is 19.0. The molecule has 1 N–H and O–H groups in total. The molecular weight excluding hydrogens is 306 g/mol. The van der Waals surface area contributed by atoms with E-state index < -0.39 is 0 Å². The number of hydrogen-bond donors (Lipinski definition) is 1. The molecular formula is C16H27N7O. The predicted molar refractivity (Wildman–Crippen MR) is 94.0 cm³/mol. The molecule has 1 amide bonds. The number of rotatable bonds is 4. The van der Waals surface area contributed by atoms with Crippen molar-refractivity contribution >= 4 is 17.8 Å². The van der Waals surface area contributed by atoms with Crippen LogP contribution in [-0.4, -0.2) is 78.0 Å². The molecule has 8 nitrogen and oxygen atoms in total. The van der Waals surface area contributed by atoms with E-state index in [1.165, 1.54) is 0 Å². The van der Waals surface area contributed by atoms with E-state index in [2.05, 4.69) is 19.9 Å². The summed E-state index contributed by atoms with van der Waals surface area (Å²) in [6, 6.07) is 0.494. The van der Waals surface area contributed by atoms with Gasteiger partial charge in [-0.1, -0.05) is 0 Å². The van der Waals surface area contributed by atoms with E-state index in [0.717, 1.165) is 43.5 Å². The first-order chi connectivity index (χ1) is 11.5. The van der Waals surface area contributed by atoms with Crippen molar-refractivity contribution in [2.45, 2.75) is 25.4 Å². The lowest BCUT2D eigenvalue weighted by Gasteiger charge is -2.36. The Labute approximate surface area is 143 Å². The van der Waals surface area contributed by atoms with Crippen LogP contribution in [0.2, 0.25) is 0 Å². The third-order valence-electron chi connectivity index (χ3n) is 4.64. The first-order valence-corrected chi connectivity index (χ1v) is 8.44. The number of hydrogen-bond acceptors (Lipinski definition) is 4. The Hall–Kier alpha value is -2.25. The molecule has 0 unspecified atom stereocenters. The smallest absolute Gasteiger partial charge is 0.242 e. The largest absolute Gasteiger partial charge is 0.351 e. The van der Waals surface area contributed by atoms with Crippen molar-refractivity contribution in [3.63, 3.8) is 0 Å². The Morgan fingerprint density at radius 1 is 1.42 bits per heavy atom. The maximum atomic E-state index is 12.3. The fourth-order valence-corrected chi connectivity index (χ4v) is 3.15. The molecule has 1 saturated carbocycles. The maximum Gasteiger partial charge on any atom is 0.242 e. The Kier molecular flexibility index (Phi) is 4.64. The fraction of sp³-hybridized carbons (Fsp3) is 0.688. The van der Waals surface area contributed by atoms with Crippen LogP contribution in [0.5, 0.6) is 0 Å². The highest BCUT2D eigenvalue weighted by Crippen LogP contribution is 2.28. The van der Waals surface area contributed by atoms with Gasteiger partial charge in [-0.05, 0) is 12.8 Å². The summed E-state index contributed by atoms with van der Waals surface area (Å²) in [5, 5.41) is 3.35. The summed E-state index contributed by atoms with van der Waals surface area (Å²) in [7, 11) is 7.71. The quantitative estimate of drug-likeness (QED) is 0.614. The minimum absolute atomic E-state index is 0.210. The van der Waals surface area contributed by atoms with Crippen LogP contribution in [0.4, 0.5) is 5.95 Å². The predicted octanol–water partition coefficient (Wildman–Crippen LogP) is -0.132. The molecule has 0 aromatic carbocycles. The van der Waals surface area contributed by atoms with Gasteiger partial charge < -0.3 is 24.6 Å². The first-order valence-electron chi connectivity index (χ1n) is 8.44. The Morgan fingerprint density at radius 2 is 2.17 bits per heavy atom. The maximum absolute atomic E-state index is 12.3. The Morgan fingerprint density at radius 3 is 2.71 bits per heavy atom. The molecule has 0 radical (unpaired) electrons. The highest BCUT2D eigenvalue weighted by Gasteiger charge is 2.36. The van der Waals surface area contributed by atoms with Gasteiger partial charge in [-0.3, -0.25) is 9.79 Å². The van der Waals surface area contributed by atoms with E-state index in [0.29, 0.717) is 19.1 Å². The van der Waals surface area contributed by atoms with E-state index in [1.54, 1.807) is 7.05 Å². The van der Waals surface area contributed by atoms with Crippen molar-refractivity contribution in [2.75, 3.05) is 45.7 Å². The molecule has 24 heavy (non-hydrogen) atoms. The molecule has 1 aromatic heterocycles. The summed E-state index contributed by atoms with van der Waals surface area (Å²) in [4.78, 5) is 27.1. The van der Waals surface area contributed by atoms with E-state index in [4.69, 9.17) is 0 Å². The number of guanidine groups is 1. The first kappa shape index (κ1) is 16.6. The molecule has 132 valence electrons. The van der Waals surface area contributed by atoms with Crippen LogP contribution in [0.15, 0.2) is 11.2 Å². The molecule has 2 aliphatic rings. The zero-order valence-corrected chi connectivity index (χ0v) is 15.0. The number of nitrogens with zero attached hydrogens (tertiary/aromatic N) is 6. The molecule has 1 saturated heterocycles. The monoisotopic (exact) mass is 333 g/mol. The van der Waals surface area contributed by atoms with Crippen molar-refractivity contribution < 1.29 is 4.79 Å². The number of carbonyl (C=O) groups excluding carboxylic acids is 1. The van der Waals surface area contributed by atoms with Gasteiger partial charge in [0.25, 0.3) is 0 Å². The van der Waals surface area contributed by atoms with Gasteiger partial charge in [0.05, 0.1) is 25.0 Å². The summed E-state index contributed by atoms with van der Waals surface area (Å²) in [5.41, 5.74) is 1.07. The number of amides is 1. The minimum Gasteiger partial charge on any atom is -0.351 e. The minimum atomic E-state index is 0.210. The van der Waals surface area contributed by atoms with Crippen LogP contribution in [0.3, 0.4) is 0 Å². The van der Waals surface area contributed by atoms with Crippen molar-refractivity contribution in [3.05, 3.63) is 11.9 Å². The van der Waals surface area contributed by atoms with Gasteiger partial charge >= 0.3 is 0 Å². The van der Waals surface area contributed by atoms with Gasteiger partial charge in [0, 0.05) is 47.3 Å². The zero-order chi connectivity index (χ0) is 17.3. The SMILES string of the molecule is CN=C(NCc1cnc(N(C)C)n1C)N1CCN(C2CC2)C(=O)C1. The van der Waals surface area contributed by atoms with E-state index in [1.807, 2.05) is 42.0 Å². The van der Waals surface area contributed by atoms with Crippen molar-refractivity contribution in [2.24, 2.45) is 12.0 Å². The third-order valence-corrected chi connectivity index (χ3v) is 4.64. The summed E-state index contributed by atoms with van der Waals surface area (Å²) >= 11 is 0. The van der Waals surface area contributed by atoms with Crippen LogP contribution >= 0.6 is 0 Å². The fourth-order valence-electron chi connectivity index (χ4n) is 3.15. The van der Waals surface area contributed by atoms with Crippen LogP contribution in [-0.2, 0) is 18.4 Å². The second-order valence-corrected chi connectivity index (χ2v) is 6.64. The standard InChI is InChI=1S/C16H27N7O/c1-17-15(18-9-13-10-19-16(20(2)3)21(13)4)22-7-8-23(12-5-6-12)14(24)11-22/h10,12H,5-9,11H2,1-4H3,(H,17,18). The summed E-state index contributed by atoms with van der Waals surface area (Å²) in [6.07, 6.45) is 4.19. The van der Waals surface area contributed by atoms with E-state index >= 15 is 0 Å². The highest BCUT2D eigenvalue weighted by atomic mass is 16.2. The number of aliphatic imine (C=N–C) groups is 1. The molecule has 2 heterocycles. The lowest BCUT2D eigenvalue weighted by Crippen LogP contribution is -2.55. The van der Waals surface area contributed by atoms with Crippen LogP contribution < -0.4 is 10.2 Å². The molecule has 2 fully saturated rings. The lowest BCUT2D eigenvalue weighted by atomic mass is 10.3. The van der Waals surface area contributed by atoms with Crippen molar-refractivity contribution in [1.82, 2.24) is 24.7 Å². The summed E-state index contributed by atoms with van der Waals surface area (Å²) in [5.74, 6) is 1.89. The number of imidazole rings is 1. The molecule has 1 aliphatic heterocycles. The molecule has 0 spiro atoms. The van der Waals surface area contributed by atoms with Crippen LogP contribution in [0.25, 0.3) is 0 Å². The number of anilines is 1. The zero-order valence-electron chi connectivity index (χ0n) is 15.0. The summed E-state index contributed by atoms with van der Waals surface area (Å²) < 4.78 is 2.05. The van der Waals surface area contributed by atoms with Gasteiger partial charge in [0.15, 0.2) is 5.96 Å². The Bertz CT molecular complexity index is 632. The van der Waals surface area contributed by atoms with Crippen LogP contribution in [0, 0.1) is 0 Å². The average Bonchev–Trinajstić information content (AvgIpc) is 3.31. The topological polar surface area (TPSA) is 69.0 Å². The van der Waals surface area contributed by atoms with E-state index in [-0.39, 0.29) is 5.91 Å². The molecule has 0 atom stereocenters. The molecule has 0 bridgehead atoms. The van der Waals surface area contributed by atoms with Gasteiger partial charge in [-0.25, -0.2) is 4.98 Å². The third kappa shape index (κ3) is 3.32. The number of aromatic nitrogens is 2. The second-order valence-electron chi connectivity index (χ2n) is 6.64. The Balaban J connectivity index is 1.58. The molecule has 1 aliphatic carbocycles. The van der Waals surface area contributed by atoms with E-state index in [9.17, 15) is 4.79 Å². The molecule has 3 rings (SSSR count). The van der Waals surface area contributed by atoms with Gasteiger partial charge in [0.2, 0.25) is 11.9 Å². The number of carbonyl (C=O) groups is 1. The highest BCUT2D eigenvalue weighted by molar-refractivity contribution is 5.87. The van der Waals surface area contributed by atoms with Gasteiger partial charge in [-0.2, -0.15) is 0 Å². The van der Waals surface area contributed by atoms with Crippen molar-refractivity contribution in [3.8, 4) is 0 Å². The molecule has 1 aromatic rings. The van der Waals surface area contributed by atoms with Gasteiger partial charge in [-0.15, -0.1) is 0 Å². The second kappa shape index (κ2) is 6.70. The lowest BCUT2D eigenvalue weighted by molar-refractivity contribution is -0.135. The number of piperazine rings is 1. The van der Waals surface area contributed by atoms with Gasteiger partial charge in [0.1, 0.15) is 0 Å². The summed E-state index contributed by atoms with van der Waals surface area (Å²) in [6.45, 7) is 2.66. The number of nitrogens with one attached hydrogen (secondary N) is 1. The molecule has 8 heteroatoms. The van der Waals surface area contributed by atoms with Crippen LogP contribution in [0.1, 0.15) is 18.5 Å².